The van der Waals surface area contributed by atoms with Gasteiger partial charge in [-0.15, -0.1) is 11.3 Å². The molecule has 0 saturated heterocycles. The van der Waals surface area contributed by atoms with Crippen molar-refractivity contribution in [2.75, 3.05) is 18.2 Å². The predicted octanol–water partition coefficient (Wildman–Crippen LogP) is 5.19. The second-order valence-electron chi connectivity index (χ2n) is 9.29. The third-order valence-corrected chi connectivity index (χ3v) is 7.42. The van der Waals surface area contributed by atoms with Crippen LogP contribution >= 0.6 is 23.1 Å². The van der Waals surface area contributed by atoms with Crippen molar-refractivity contribution >= 4 is 49.3 Å². The molecule has 0 bridgehead atoms. The molecule has 0 fully saturated rings. The Morgan fingerprint density at radius 3 is 2.65 bits per heavy atom. The van der Waals surface area contributed by atoms with Crippen LogP contribution in [0.25, 0.3) is 20.4 Å². The van der Waals surface area contributed by atoms with E-state index in [4.69, 9.17) is 19.7 Å². The highest BCUT2D eigenvalue weighted by Crippen LogP contribution is 2.43. The summed E-state index contributed by atoms with van der Waals surface area (Å²) >= 11 is 3.19. The van der Waals surface area contributed by atoms with Gasteiger partial charge >= 0.3 is 0 Å². The van der Waals surface area contributed by atoms with Crippen molar-refractivity contribution < 1.29 is 9.84 Å². The van der Waals surface area contributed by atoms with Gasteiger partial charge in [0, 0.05) is 23.1 Å². The van der Waals surface area contributed by atoms with Crippen LogP contribution in [0.4, 0.5) is 5.82 Å². The Balaban J connectivity index is 2.01. The molecule has 0 radical (unpaired) electrons. The third kappa shape index (κ3) is 4.40. The van der Waals surface area contributed by atoms with Crippen molar-refractivity contribution in [1.29, 1.82) is 0 Å². The first-order chi connectivity index (χ1) is 14.8. The Bertz CT molecular complexity index is 1110. The molecule has 1 aliphatic rings. The summed E-state index contributed by atoms with van der Waals surface area (Å²) in [5.74, 6) is 1.32. The average molecular weight is 461 g/mol. The van der Waals surface area contributed by atoms with Gasteiger partial charge in [0.1, 0.15) is 10.6 Å². The SMILES string of the molecule is CCC(CO)Nc1nc(SC)nc2c1sc1nc(CC(C)C)c3c(c12)CC(C)(C)OC3. The molecule has 31 heavy (non-hydrogen) atoms. The highest BCUT2D eigenvalue weighted by molar-refractivity contribution is 7.98. The molecule has 0 saturated carbocycles. The summed E-state index contributed by atoms with van der Waals surface area (Å²) in [5, 5.41) is 15.1. The van der Waals surface area contributed by atoms with Gasteiger partial charge in [0.15, 0.2) is 5.16 Å². The second kappa shape index (κ2) is 8.81. The zero-order valence-corrected chi connectivity index (χ0v) is 20.8. The first-order valence-electron chi connectivity index (χ1n) is 11.0. The van der Waals surface area contributed by atoms with E-state index in [1.807, 2.05) is 6.26 Å². The molecule has 2 N–H and O–H groups in total. The maximum absolute atomic E-state index is 9.73. The van der Waals surface area contributed by atoms with E-state index in [0.29, 0.717) is 12.5 Å². The lowest BCUT2D eigenvalue weighted by Gasteiger charge is -2.33. The standard InChI is InChI=1S/C23H32N4O2S2/c1-7-13(10-28)24-20-19-18(26-22(27-20)30-6)17-14-9-23(4,5)29-11-15(14)16(8-12(2)3)25-21(17)31-19/h12-13,28H,7-11H2,1-6H3,(H,24,26,27). The Morgan fingerprint density at radius 2 is 2.00 bits per heavy atom. The van der Waals surface area contributed by atoms with Crippen molar-refractivity contribution in [3.63, 3.8) is 0 Å². The van der Waals surface area contributed by atoms with E-state index in [1.165, 1.54) is 22.9 Å². The van der Waals surface area contributed by atoms with E-state index < -0.39 is 0 Å². The van der Waals surface area contributed by atoms with Gasteiger partial charge in [-0.25, -0.2) is 15.0 Å². The highest BCUT2D eigenvalue weighted by Gasteiger charge is 2.32. The van der Waals surface area contributed by atoms with E-state index in [0.717, 1.165) is 56.4 Å². The monoisotopic (exact) mass is 460 g/mol. The van der Waals surface area contributed by atoms with Gasteiger partial charge in [-0.3, -0.25) is 0 Å². The number of nitrogens with one attached hydrogen (secondary N) is 1. The van der Waals surface area contributed by atoms with Crippen LogP contribution in [0.1, 0.15) is 57.9 Å². The summed E-state index contributed by atoms with van der Waals surface area (Å²) in [7, 11) is 0. The number of anilines is 1. The number of aromatic nitrogens is 3. The molecule has 0 aromatic carbocycles. The number of aliphatic hydroxyl groups is 1. The molecule has 3 aromatic rings. The van der Waals surface area contributed by atoms with Crippen molar-refractivity contribution in [3.05, 3.63) is 16.8 Å². The Morgan fingerprint density at radius 1 is 1.23 bits per heavy atom. The molecule has 4 rings (SSSR count). The Labute approximate surface area is 192 Å². The lowest BCUT2D eigenvalue weighted by Crippen LogP contribution is -2.33. The van der Waals surface area contributed by atoms with Gasteiger partial charge in [-0.1, -0.05) is 32.5 Å². The number of hydrogen-bond donors (Lipinski definition) is 2. The molecule has 6 nitrogen and oxygen atoms in total. The van der Waals surface area contributed by atoms with Crippen LogP contribution in [0.5, 0.6) is 0 Å². The van der Waals surface area contributed by atoms with Crippen molar-refractivity contribution in [2.45, 2.75) is 77.3 Å². The smallest absolute Gasteiger partial charge is 0.189 e. The minimum Gasteiger partial charge on any atom is -0.394 e. The molecule has 0 aliphatic carbocycles. The number of hydrogen-bond acceptors (Lipinski definition) is 8. The van der Waals surface area contributed by atoms with Gasteiger partial charge in [-0.2, -0.15) is 0 Å². The predicted molar refractivity (Wildman–Crippen MR) is 130 cm³/mol. The second-order valence-corrected chi connectivity index (χ2v) is 11.1. The first-order valence-corrected chi connectivity index (χ1v) is 13.0. The number of nitrogens with zero attached hydrogens (tertiary/aromatic N) is 3. The number of fused-ring (bicyclic) bond motifs is 5. The maximum Gasteiger partial charge on any atom is 0.189 e. The molecule has 3 aromatic heterocycles. The number of ether oxygens (including phenoxy) is 1. The zero-order chi connectivity index (χ0) is 22.3. The van der Waals surface area contributed by atoms with E-state index in [1.54, 1.807) is 11.3 Å². The van der Waals surface area contributed by atoms with Crippen LogP contribution in [0.15, 0.2) is 5.16 Å². The molecule has 8 heteroatoms. The minimum atomic E-state index is -0.217. The van der Waals surface area contributed by atoms with E-state index in [-0.39, 0.29) is 18.2 Å². The quantitative estimate of drug-likeness (QED) is 0.371. The zero-order valence-electron chi connectivity index (χ0n) is 19.2. The molecule has 0 spiro atoms. The number of rotatable bonds is 7. The van der Waals surface area contributed by atoms with Gasteiger partial charge in [0.05, 0.1) is 35.1 Å². The molecular formula is C23H32N4O2S2. The van der Waals surface area contributed by atoms with Crippen LogP contribution in [-0.2, 0) is 24.2 Å². The number of thiophene rings is 1. The Kier molecular flexibility index (Phi) is 6.45. The summed E-state index contributed by atoms with van der Waals surface area (Å²) < 4.78 is 7.20. The molecule has 168 valence electrons. The van der Waals surface area contributed by atoms with Crippen LogP contribution in [-0.4, -0.2) is 44.6 Å². The van der Waals surface area contributed by atoms with Crippen molar-refractivity contribution in [1.82, 2.24) is 15.0 Å². The summed E-state index contributed by atoms with van der Waals surface area (Å²) in [6, 6.07) is -0.0382. The first kappa shape index (κ1) is 22.7. The lowest BCUT2D eigenvalue weighted by molar-refractivity contribution is -0.0402. The summed E-state index contributed by atoms with van der Waals surface area (Å²) in [6.07, 6.45) is 4.59. The average Bonchev–Trinajstić information content (AvgIpc) is 3.09. The molecule has 1 unspecified atom stereocenters. The van der Waals surface area contributed by atoms with Crippen LogP contribution in [0.2, 0.25) is 0 Å². The largest absolute Gasteiger partial charge is 0.394 e. The topological polar surface area (TPSA) is 80.2 Å². The fourth-order valence-corrected chi connectivity index (χ4v) is 5.62. The van der Waals surface area contributed by atoms with Crippen molar-refractivity contribution in [3.8, 4) is 0 Å². The van der Waals surface area contributed by atoms with Gasteiger partial charge in [-0.05, 0) is 44.4 Å². The van der Waals surface area contributed by atoms with Gasteiger partial charge < -0.3 is 15.2 Å². The third-order valence-electron chi connectivity index (χ3n) is 5.79. The highest BCUT2D eigenvalue weighted by atomic mass is 32.2. The molecule has 1 atom stereocenters. The fourth-order valence-electron chi connectivity index (χ4n) is 4.14. The summed E-state index contributed by atoms with van der Waals surface area (Å²) in [5.41, 5.74) is 4.46. The van der Waals surface area contributed by atoms with Gasteiger partial charge in [0.25, 0.3) is 0 Å². The van der Waals surface area contributed by atoms with Gasteiger partial charge in [0.2, 0.25) is 0 Å². The van der Waals surface area contributed by atoms with E-state index >= 15 is 0 Å². The summed E-state index contributed by atoms with van der Waals surface area (Å²) in [4.78, 5) is 15.8. The number of aliphatic hydroxyl groups excluding tert-OH is 1. The summed E-state index contributed by atoms with van der Waals surface area (Å²) in [6.45, 7) is 11.5. The molecule has 1 aliphatic heterocycles. The minimum absolute atomic E-state index is 0.0382. The molecule has 4 heterocycles. The van der Waals surface area contributed by atoms with Crippen LogP contribution in [0, 0.1) is 5.92 Å². The lowest BCUT2D eigenvalue weighted by atomic mass is 9.88. The Hall–Kier alpha value is -1.48. The normalized spacial score (nSPS) is 16.8. The van der Waals surface area contributed by atoms with Crippen molar-refractivity contribution in [2.24, 2.45) is 5.92 Å². The fraction of sp³-hybridized carbons (Fsp3) is 0.609. The van der Waals surface area contributed by atoms with Crippen LogP contribution in [0.3, 0.4) is 0 Å². The van der Waals surface area contributed by atoms with Crippen LogP contribution < -0.4 is 5.32 Å². The van der Waals surface area contributed by atoms with E-state index in [9.17, 15) is 5.11 Å². The molecule has 0 amide bonds. The number of pyridine rings is 1. The maximum atomic E-state index is 9.73. The van der Waals surface area contributed by atoms with E-state index in [2.05, 4.69) is 39.9 Å². The molecular weight excluding hydrogens is 428 g/mol. The number of thioether (sulfide) groups is 1.